The molecule has 0 spiro atoms. The fourth-order valence-corrected chi connectivity index (χ4v) is 2.58. The van der Waals surface area contributed by atoms with E-state index in [1.165, 1.54) is 12.3 Å². The van der Waals surface area contributed by atoms with E-state index < -0.39 is 10.0 Å². The Hall–Kier alpha value is -1.63. The first kappa shape index (κ1) is 12.8. The molecule has 0 radical (unpaired) electrons. The SMILES string of the molecule is NCc1cc(S(=O)(=O)NCc2ccccc2)c[nH]1. The van der Waals surface area contributed by atoms with Crippen LogP contribution < -0.4 is 10.5 Å². The number of aromatic nitrogens is 1. The Morgan fingerprint density at radius 2 is 1.94 bits per heavy atom. The third-order valence-electron chi connectivity index (χ3n) is 2.56. The van der Waals surface area contributed by atoms with Gasteiger partial charge in [0.1, 0.15) is 0 Å². The zero-order valence-corrected chi connectivity index (χ0v) is 10.6. The molecule has 1 aromatic carbocycles. The lowest BCUT2D eigenvalue weighted by Crippen LogP contribution is -2.22. The minimum atomic E-state index is -3.48. The number of rotatable bonds is 5. The highest BCUT2D eigenvalue weighted by Gasteiger charge is 2.15. The van der Waals surface area contributed by atoms with Crippen LogP contribution in [0, 0.1) is 0 Å². The maximum Gasteiger partial charge on any atom is 0.242 e. The molecule has 0 atom stereocenters. The van der Waals surface area contributed by atoms with Gasteiger partial charge in [-0.2, -0.15) is 0 Å². The van der Waals surface area contributed by atoms with E-state index in [2.05, 4.69) is 9.71 Å². The van der Waals surface area contributed by atoms with E-state index in [1.807, 2.05) is 30.3 Å². The Morgan fingerprint density at radius 1 is 1.22 bits per heavy atom. The fourth-order valence-electron chi connectivity index (χ4n) is 1.55. The van der Waals surface area contributed by atoms with Crippen molar-refractivity contribution in [1.29, 1.82) is 0 Å². The van der Waals surface area contributed by atoms with Gasteiger partial charge in [0.05, 0.1) is 4.90 Å². The maximum atomic E-state index is 12.0. The molecular weight excluding hydrogens is 250 g/mol. The highest BCUT2D eigenvalue weighted by molar-refractivity contribution is 7.89. The molecule has 0 unspecified atom stereocenters. The first-order valence-electron chi connectivity index (χ1n) is 5.53. The molecule has 6 heteroatoms. The fraction of sp³-hybridized carbons (Fsp3) is 0.167. The van der Waals surface area contributed by atoms with Gasteiger partial charge in [0, 0.05) is 25.0 Å². The summed E-state index contributed by atoms with van der Waals surface area (Å²) in [5.41, 5.74) is 7.03. The average molecular weight is 265 g/mol. The predicted molar refractivity (Wildman–Crippen MR) is 69.2 cm³/mol. The lowest BCUT2D eigenvalue weighted by Gasteiger charge is -2.04. The van der Waals surface area contributed by atoms with E-state index in [9.17, 15) is 8.42 Å². The van der Waals surface area contributed by atoms with Crippen molar-refractivity contribution in [3.8, 4) is 0 Å². The number of hydrogen-bond donors (Lipinski definition) is 3. The molecule has 2 rings (SSSR count). The molecule has 2 aromatic rings. The van der Waals surface area contributed by atoms with Gasteiger partial charge in [-0.05, 0) is 11.6 Å². The second-order valence-electron chi connectivity index (χ2n) is 3.87. The lowest BCUT2D eigenvalue weighted by atomic mass is 10.2. The van der Waals surface area contributed by atoms with E-state index in [-0.39, 0.29) is 18.0 Å². The number of benzene rings is 1. The van der Waals surface area contributed by atoms with Gasteiger partial charge in [-0.25, -0.2) is 13.1 Å². The monoisotopic (exact) mass is 265 g/mol. The second-order valence-corrected chi connectivity index (χ2v) is 5.64. The summed E-state index contributed by atoms with van der Waals surface area (Å²) in [5, 5.41) is 0. The van der Waals surface area contributed by atoms with Gasteiger partial charge in [-0.15, -0.1) is 0 Å². The summed E-state index contributed by atoms with van der Waals surface area (Å²) in [6, 6.07) is 10.9. The van der Waals surface area contributed by atoms with Crippen LogP contribution >= 0.6 is 0 Å². The number of H-pyrrole nitrogens is 1. The van der Waals surface area contributed by atoms with Crippen molar-refractivity contribution in [3.63, 3.8) is 0 Å². The molecule has 1 aromatic heterocycles. The van der Waals surface area contributed by atoms with Gasteiger partial charge in [0.2, 0.25) is 10.0 Å². The number of sulfonamides is 1. The molecule has 1 heterocycles. The summed E-state index contributed by atoms with van der Waals surface area (Å²) in [4.78, 5) is 3.02. The van der Waals surface area contributed by atoms with Gasteiger partial charge < -0.3 is 10.7 Å². The zero-order valence-electron chi connectivity index (χ0n) is 9.76. The quantitative estimate of drug-likeness (QED) is 0.752. The Balaban J connectivity index is 2.08. The standard InChI is InChI=1S/C12H15N3O2S/c13-7-11-6-12(9-14-11)18(16,17)15-8-10-4-2-1-3-5-10/h1-6,9,14-15H,7-8,13H2. The third kappa shape index (κ3) is 2.98. The Bertz CT molecular complexity index is 605. The van der Waals surface area contributed by atoms with Crippen LogP contribution in [0.15, 0.2) is 47.5 Å². The largest absolute Gasteiger partial charge is 0.363 e. The first-order chi connectivity index (χ1) is 8.62. The molecule has 0 fully saturated rings. The smallest absolute Gasteiger partial charge is 0.242 e. The van der Waals surface area contributed by atoms with Crippen LogP contribution in [0.1, 0.15) is 11.3 Å². The summed E-state index contributed by atoms with van der Waals surface area (Å²) in [6.45, 7) is 0.556. The van der Waals surface area contributed by atoms with Crippen LogP contribution in [0.5, 0.6) is 0 Å². The van der Waals surface area contributed by atoms with Crippen molar-refractivity contribution in [2.45, 2.75) is 18.0 Å². The van der Waals surface area contributed by atoms with Gasteiger partial charge >= 0.3 is 0 Å². The molecule has 0 saturated carbocycles. The van der Waals surface area contributed by atoms with Gasteiger partial charge in [0.25, 0.3) is 0 Å². The van der Waals surface area contributed by atoms with Crippen LogP contribution in [-0.4, -0.2) is 13.4 Å². The highest BCUT2D eigenvalue weighted by Crippen LogP contribution is 2.11. The first-order valence-corrected chi connectivity index (χ1v) is 7.01. The molecule has 4 N–H and O–H groups in total. The molecule has 5 nitrogen and oxygen atoms in total. The molecule has 0 bridgehead atoms. The van der Waals surface area contributed by atoms with Crippen LogP contribution in [0.4, 0.5) is 0 Å². The van der Waals surface area contributed by atoms with Gasteiger partial charge in [-0.3, -0.25) is 0 Å². The van der Waals surface area contributed by atoms with Crippen molar-refractivity contribution in [2.75, 3.05) is 0 Å². The van der Waals surface area contributed by atoms with Crippen molar-refractivity contribution in [1.82, 2.24) is 9.71 Å². The van der Waals surface area contributed by atoms with Crippen LogP contribution in [0.3, 0.4) is 0 Å². The lowest BCUT2D eigenvalue weighted by molar-refractivity contribution is 0.581. The molecule has 0 saturated heterocycles. The molecule has 0 aliphatic heterocycles. The van der Waals surface area contributed by atoms with Crippen molar-refractivity contribution in [2.24, 2.45) is 5.73 Å². The molecule has 96 valence electrons. The summed E-state index contributed by atoms with van der Waals surface area (Å²) >= 11 is 0. The summed E-state index contributed by atoms with van der Waals surface area (Å²) in [6.07, 6.45) is 1.44. The number of aromatic amines is 1. The molecule has 0 amide bonds. The summed E-state index contributed by atoms with van der Waals surface area (Å²) in [5.74, 6) is 0. The Labute approximate surface area is 106 Å². The third-order valence-corrected chi connectivity index (χ3v) is 3.94. The topological polar surface area (TPSA) is 88.0 Å². The van der Waals surface area contributed by atoms with Crippen LogP contribution in [-0.2, 0) is 23.1 Å². The average Bonchev–Trinajstić information content (AvgIpc) is 2.87. The minimum Gasteiger partial charge on any atom is -0.363 e. The van der Waals surface area contributed by atoms with Gasteiger partial charge in [-0.1, -0.05) is 30.3 Å². The Morgan fingerprint density at radius 3 is 2.56 bits per heavy atom. The van der Waals surface area contributed by atoms with Gasteiger partial charge in [0.15, 0.2) is 0 Å². The second kappa shape index (κ2) is 5.34. The van der Waals surface area contributed by atoms with Crippen molar-refractivity contribution >= 4 is 10.0 Å². The van der Waals surface area contributed by atoms with Crippen molar-refractivity contribution in [3.05, 3.63) is 53.9 Å². The van der Waals surface area contributed by atoms with E-state index in [1.54, 1.807) is 0 Å². The summed E-state index contributed by atoms with van der Waals surface area (Å²) in [7, 11) is -3.48. The van der Waals surface area contributed by atoms with Crippen LogP contribution in [0.2, 0.25) is 0 Å². The number of nitrogens with two attached hydrogens (primary N) is 1. The predicted octanol–water partition coefficient (Wildman–Crippen LogP) is 0.952. The van der Waals surface area contributed by atoms with E-state index in [0.29, 0.717) is 5.69 Å². The molecule has 0 aliphatic carbocycles. The molecule has 18 heavy (non-hydrogen) atoms. The summed E-state index contributed by atoms with van der Waals surface area (Å²) < 4.78 is 26.5. The molecule has 0 aliphatic rings. The molecular formula is C12H15N3O2S. The normalized spacial score (nSPS) is 11.6. The Kier molecular flexibility index (Phi) is 3.81. The van der Waals surface area contributed by atoms with E-state index in [4.69, 9.17) is 5.73 Å². The number of hydrogen-bond acceptors (Lipinski definition) is 3. The zero-order chi connectivity index (χ0) is 13.0. The van der Waals surface area contributed by atoms with E-state index in [0.717, 1.165) is 5.56 Å². The van der Waals surface area contributed by atoms with E-state index >= 15 is 0 Å². The highest BCUT2D eigenvalue weighted by atomic mass is 32.2. The van der Waals surface area contributed by atoms with Crippen LogP contribution in [0.25, 0.3) is 0 Å². The minimum absolute atomic E-state index is 0.207. The van der Waals surface area contributed by atoms with Crippen molar-refractivity contribution < 1.29 is 8.42 Å². The number of nitrogens with one attached hydrogen (secondary N) is 2. The maximum absolute atomic E-state index is 12.0.